The first kappa shape index (κ1) is 12.9. The van der Waals surface area contributed by atoms with E-state index in [1.54, 1.807) is 19.2 Å². The first-order valence-corrected chi connectivity index (χ1v) is 6.31. The van der Waals surface area contributed by atoms with E-state index in [0.717, 1.165) is 31.2 Å². The molecule has 1 aliphatic rings. The van der Waals surface area contributed by atoms with Crippen molar-refractivity contribution in [1.82, 2.24) is 4.90 Å². The predicted molar refractivity (Wildman–Crippen MR) is 66.6 cm³/mol. The Labute approximate surface area is 107 Å². The Kier molecular flexibility index (Phi) is 4.18. The topological polar surface area (TPSA) is 29.5 Å². The Morgan fingerprint density at radius 1 is 1.33 bits per heavy atom. The molecule has 98 valence electrons. The van der Waals surface area contributed by atoms with Gasteiger partial charge in [-0.25, -0.2) is 9.18 Å². The van der Waals surface area contributed by atoms with Gasteiger partial charge in [0.05, 0.1) is 0 Å². The maximum atomic E-state index is 12.7. The molecule has 0 heterocycles. The van der Waals surface area contributed by atoms with Crippen LogP contribution in [0, 0.1) is 5.82 Å². The highest BCUT2D eigenvalue weighted by Gasteiger charge is 2.21. The van der Waals surface area contributed by atoms with Gasteiger partial charge in [-0.3, -0.25) is 0 Å². The second-order valence-electron chi connectivity index (χ2n) is 4.77. The lowest BCUT2D eigenvalue weighted by molar-refractivity contribution is 0.0703. The zero-order valence-electron chi connectivity index (χ0n) is 10.6. The van der Waals surface area contributed by atoms with Crippen molar-refractivity contribution in [2.45, 2.75) is 38.3 Å². The Morgan fingerprint density at radius 3 is 2.56 bits per heavy atom. The molecule has 4 heteroatoms. The third-order valence-electron chi connectivity index (χ3n) is 3.21. The highest BCUT2D eigenvalue weighted by molar-refractivity contribution is 5.67. The maximum absolute atomic E-state index is 12.7. The van der Waals surface area contributed by atoms with Crippen LogP contribution in [0.4, 0.5) is 9.18 Å². The standard InChI is InChI=1S/C14H18FNO2/c1-16(10-11-6-8-12(15)9-7-11)14(17)18-13-4-2-3-5-13/h6-9,13H,2-5,10H2,1H3. The molecule has 3 nitrogen and oxygen atoms in total. The first-order valence-electron chi connectivity index (χ1n) is 6.31. The Bertz CT molecular complexity index is 399. The molecule has 0 atom stereocenters. The van der Waals surface area contributed by atoms with Crippen molar-refractivity contribution in [3.05, 3.63) is 35.6 Å². The summed E-state index contributed by atoms with van der Waals surface area (Å²) in [5, 5.41) is 0. The fourth-order valence-electron chi connectivity index (χ4n) is 2.17. The van der Waals surface area contributed by atoms with E-state index in [1.807, 2.05) is 0 Å². The molecule has 1 amide bonds. The minimum atomic E-state index is -0.300. The second kappa shape index (κ2) is 5.85. The molecule has 1 aromatic carbocycles. The number of nitrogens with zero attached hydrogens (tertiary/aromatic N) is 1. The molecule has 1 saturated carbocycles. The molecule has 0 bridgehead atoms. The number of rotatable bonds is 3. The van der Waals surface area contributed by atoms with E-state index in [1.165, 1.54) is 17.0 Å². The number of carbonyl (C=O) groups is 1. The van der Waals surface area contributed by atoms with Crippen LogP contribution in [0.1, 0.15) is 31.2 Å². The average Bonchev–Trinajstić information content (AvgIpc) is 2.85. The molecule has 0 unspecified atom stereocenters. The number of halogens is 1. The summed E-state index contributed by atoms with van der Waals surface area (Å²) in [4.78, 5) is 13.3. The third kappa shape index (κ3) is 3.45. The molecule has 1 fully saturated rings. The monoisotopic (exact) mass is 251 g/mol. The van der Waals surface area contributed by atoms with Gasteiger partial charge in [-0.15, -0.1) is 0 Å². The number of hydrogen-bond donors (Lipinski definition) is 0. The van der Waals surface area contributed by atoms with Crippen molar-refractivity contribution in [3.8, 4) is 0 Å². The summed E-state index contributed by atoms with van der Waals surface area (Å²) in [7, 11) is 1.70. The van der Waals surface area contributed by atoms with Gasteiger partial charge in [0.2, 0.25) is 0 Å². The molecule has 0 radical (unpaired) electrons. The van der Waals surface area contributed by atoms with Crippen molar-refractivity contribution in [1.29, 1.82) is 0 Å². The predicted octanol–water partition coefficient (Wildman–Crippen LogP) is 3.34. The largest absolute Gasteiger partial charge is 0.446 e. The quantitative estimate of drug-likeness (QED) is 0.824. The summed E-state index contributed by atoms with van der Waals surface area (Å²) >= 11 is 0. The van der Waals surface area contributed by atoms with Crippen molar-refractivity contribution in [3.63, 3.8) is 0 Å². The molecule has 0 aromatic heterocycles. The van der Waals surface area contributed by atoms with Crippen LogP contribution in [-0.4, -0.2) is 24.1 Å². The number of carbonyl (C=O) groups excluding carboxylic acids is 1. The minimum absolute atomic E-state index is 0.0770. The molecule has 0 aliphatic heterocycles. The van der Waals surface area contributed by atoms with Crippen LogP contribution in [0.5, 0.6) is 0 Å². The lowest BCUT2D eigenvalue weighted by Crippen LogP contribution is -2.29. The van der Waals surface area contributed by atoms with Crippen molar-refractivity contribution >= 4 is 6.09 Å². The maximum Gasteiger partial charge on any atom is 0.410 e. The molecule has 1 aromatic rings. The van der Waals surface area contributed by atoms with E-state index in [4.69, 9.17) is 4.74 Å². The fraction of sp³-hybridized carbons (Fsp3) is 0.500. The molecule has 0 N–H and O–H groups in total. The van der Waals surface area contributed by atoms with E-state index in [2.05, 4.69) is 0 Å². The fourth-order valence-corrected chi connectivity index (χ4v) is 2.17. The van der Waals surface area contributed by atoms with Crippen LogP contribution in [0.15, 0.2) is 24.3 Å². The Balaban J connectivity index is 1.84. The molecule has 2 rings (SSSR count). The molecule has 18 heavy (non-hydrogen) atoms. The highest BCUT2D eigenvalue weighted by atomic mass is 19.1. The van der Waals surface area contributed by atoms with Crippen molar-refractivity contribution < 1.29 is 13.9 Å². The molecule has 1 aliphatic carbocycles. The number of benzene rings is 1. The van der Waals surface area contributed by atoms with Gasteiger partial charge in [0, 0.05) is 13.6 Å². The van der Waals surface area contributed by atoms with Crippen molar-refractivity contribution in [2.24, 2.45) is 0 Å². The van der Waals surface area contributed by atoms with Crippen LogP contribution in [0.2, 0.25) is 0 Å². The van der Waals surface area contributed by atoms with Crippen LogP contribution in [0.25, 0.3) is 0 Å². The zero-order chi connectivity index (χ0) is 13.0. The lowest BCUT2D eigenvalue weighted by atomic mass is 10.2. The Hall–Kier alpha value is -1.58. The van der Waals surface area contributed by atoms with Crippen LogP contribution in [-0.2, 0) is 11.3 Å². The van der Waals surface area contributed by atoms with E-state index in [9.17, 15) is 9.18 Å². The van der Waals surface area contributed by atoms with E-state index in [-0.39, 0.29) is 18.0 Å². The number of amides is 1. The smallest absolute Gasteiger partial charge is 0.410 e. The summed E-state index contributed by atoms with van der Waals surface area (Å²) in [5.74, 6) is -0.269. The summed E-state index contributed by atoms with van der Waals surface area (Å²) in [5.41, 5.74) is 0.891. The second-order valence-corrected chi connectivity index (χ2v) is 4.77. The summed E-state index contributed by atoms with van der Waals surface area (Å²) < 4.78 is 18.1. The van der Waals surface area contributed by atoms with E-state index in [0.29, 0.717) is 6.54 Å². The minimum Gasteiger partial charge on any atom is -0.446 e. The Morgan fingerprint density at radius 2 is 1.94 bits per heavy atom. The number of hydrogen-bond acceptors (Lipinski definition) is 2. The third-order valence-corrected chi connectivity index (χ3v) is 3.21. The number of ether oxygens (including phenoxy) is 1. The average molecular weight is 251 g/mol. The van der Waals surface area contributed by atoms with Gasteiger partial charge in [-0.1, -0.05) is 12.1 Å². The summed E-state index contributed by atoms with van der Waals surface area (Å²) in [6.07, 6.45) is 3.99. The van der Waals surface area contributed by atoms with E-state index >= 15 is 0 Å². The normalized spacial score (nSPS) is 15.7. The molecular weight excluding hydrogens is 233 g/mol. The van der Waals surface area contributed by atoms with Gasteiger partial charge in [-0.05, 0) is 43.4 Å². The summed E-state index contributed by atoms with van der Waals surface area (Å²) in [6.45, 7) is 0.436. The van der Waals surface area contributed by atoms with Gasteiger partial charge in [-0.2, -0.15) is 0 Å². The first-order chi connectivity index (χ1) is 8.65. The summed E-state index contributed by atoms with van der Waals surface area (Å²) in [6, 6.07) is 6.14. The lowest BCUT2D eigenvalue weighted by Gasteiger charge is -2.20. The van der Waals surface area contributed by atoms with Gasteiger partial charge in [0.25, 0.3) is 0 Å². The molecule has 0 saturated heterocycles. The van der Waals surface area contributed by atoms with Crippen molar-refractivity contribution in [2.75, 3.05) is 7.05 Å². The van der Waals surface area contributed by atoms with E-state index < -0.39 is 0 Å². The van der Waals surface area contributed by atoms with Gasteiger partial charge < -0.3 is 9.64 Å². The van der Waals surface area contributed by atoms with Gasteiger partial charge in [0.1, 0.15) is 11.9 Å². The molecular formula is C14H18FNO2. The zero-order valence-corrected chi connectivity index (χ0v) is 10.6. The van der Waals surface area contributed by atoms with Crippen LogP contribution < -0.4 is 0 Å². The molecule has 0 spiro atoms. The van der Waals surface area contributed by atoms with Gasteiger partial charge in [0.15, 0.2) is 0 Å². The highest BCUT2D eigenvalue weighted by Crippen LogP contribution is 2.21. The van der Waals surface area contributed by atoms with Crippen LogP contribution >= 0.6 is 0 Å². The SMILES string of the molecule is CN(Cc1ccc(F)cc1)C(=O)OC1CCCC1. The van der Waals surface area contributed by atoms with Gasteiger partial charge >= 0.3 is 6.09 Å². The van der Waals surface area contributed by atoms with Crippen LogP contribution in [0.3, 0.4) is 0 Å².